The Morgan fingerprint density at radius 1 is 1.38 bits per heavy atom. The van der Waals surface area contributed by atoms with E-state index in [0.29, 0.717) is 17.7 Å². The van der Waals surface area contributed by atoms with E-state index in [1.165, 1.54) is 18.1 Å². The lowest BCUT2D eigenvalue weighted by atomic mass is 10.0. The number of aliphatic hydroxyl groups is 1. The van der Waals surface area contributed by atoms with E-state index in [4.69, 9.17) is 9.84 Å². The minimum atomic E-state index is -0.699. The zero-order chi connectivity index (χ0) is 18.8. The Labute approximate surface area is 148 Å². The molecule has 2 aliphatic rings. The number of ether oxygens (including phenoxy) is 1. The molecular weight excluding hydrogens is 345 g/mol. The molecule has 138 valence electrons. The van der Waals surface area contributed by atoms with Crippen molar-refractivity contribution in [1.29, 1.82) is 0 Å². The molecule has 3 rings (SSSR count). The van der Waals surface area contributed by atoms with Crippen LogP contribution in [0.3, 0.4) is 0 Å². The Morgan fingerprint density at radius 3 is 2.85 bits per heavy atom. The summed E-state index contributed by atoms with van der Waals surface area (Å²) < 4.78 is 18.7. The molecule has 9 heteroatoms. The van der Waals surface area contributed by atoms with Gasteiger partial charge in [-0.2, -0.15) is 0 Å². The summed E-state index contributed by atoms with van der Waals surface area (Å²) in [6.45, 7) is -0.250. The minimum absolute atomic E-state index is 0.0295. The lowest BCUT2D eigenvalue weighted by Crippen LogP contribution is -2.31. The number of aliphatic hydroxyl groups excluding tert-OH is 1. The standard InChI is InChI=1S/C17H18FN3O5/c1-26-17(25)11-8-21(4-5-22)16(24)15(11)19-12-7-10(18)6-9-2-3-13(23)20-14(9)12/h6-7,19,22H,2-5,8H2,1H3,(H,20,23). The number of methoxy groups -OCH3 is 1. The van der Waals surface area contributed by atoms with Crippen molar-refractivity contribution in [2.45, 2.75) is 12.8 Å². The summed E-state index contributed by atoms with van der Waals surface area (Å²) in [5.74, 6) is -1.95. The number of halogens is 1. The number of fused-ring (bicyclic) bond motifs is 1. The van der Waals surface area contributed by atoms with Crippen LogP contribution >= 0.6 is 0 Å². The van der Waals surface area contributed by atoms with Gasteiger partial charge in [-0.1, -0.05) is 0 Å². The fourth-order valence-corrected chi connectivity index (χ4v) is 3.04. The van der Waals surface area contributed by atoms with Crippen molar-refractivity contribution < 1.29 is 28.6 Å². The minimum Gasteiger partial charge on any atom is -0.466 e. The number of anilines is 2. The van der Waals surface area contributed by atoms with E-state index in [2.05, 4.69) is 10.6 Å². The molecular formula is C17H18FN3O5. The zero-order valence-corrected chi connectivity index (χ0v) is 14.1. The van der Waals surface area contributed by atoms with Gasteiger partial charge in [0.1, 0.15) is 11.5 Å². The first-order chi connectivity index (χ1) is 12.4. The van der Waals surface area contributed by atoms with Crippen molar-refractivity contribution >= 4 is 29.2 Å². The molecule has 0 radical (unpaired) electrons. The Hall–Kier alpha value is -2.94. The second kappa shape index (κ2) is 7.12. The maximum atomic E-state index is 14.0. The van der Waals surface area contributed by atoms with Crippen LogP contribution in [0.1, 0.15) is 12.0 Å². The van der Waals surface area contributed by atoms with Gasteiger partial charge >= 0.3 is 5.97 Å². The van der Waals surface area contributed by atoms with Gasteiger partial charge in [0.05, 0.1) is 37.2 Å². The van der Waals surface area contributed by atoms with Crippen molar-refractivity contribution in [1.82, 2.24) is 4.90 Å². The third-order valence-electron chi connectivity index (χ3n) is 4.28. The van der Waals surface area contributed by atoms with E-state index in [1.807, 2.05) is 0 Å². The van der Waals surface area contributed by atoms with E-state index in [0.717, 1.165) is 6.07 Å². The first-order valence-corrected chi connectivity index (χ1v) is 8.05. The maximum absolute atomic E-state index is 14.0. The number of nitrogens with one attached hydrogen (secondary N) is 2. The van der Waals surface area contributed by atoms with Crippen LogP contribution in [0, 0.1) is 5.82 Å². The number of carbonyl (C=O) groups is 3. The molecule has 0 bridgehead atoms. The molecule has 0 unspecified atom stereocenters. The van der Waals surface area contributed by atoms with Gasteiger partial charge in [-0.15, -0.1) is 0 Å². The topological polar surface area (TPSA) is 108 Å². The van der Waals surface area contributed by atoms with Crippen LogP contribution in [0.5, 0.6) is 0 Å². The Bertz CT molecular complexity index is 821. The number of benzene rings is 1. The first kappa shape index (κ1) is 17.9. The van der Waals surface area contributed by atoms with Crippen molar-refractivity contribution in [2.24, 2.45) is 0 Å². The van der Waals surface area contributed by atoms with Crippen LogP contribution in [0.25, 0.3) is 0 Å². The van der Waals surface area contributed by atoms with Crippen LogP contribution in [-0.4, -0.2) is 54.6 Å². The maximum Gasteiger partial charge on any atom is 0.337 e. The van der Waals surface area contributed by atoms with Gasteiger partial charge in [0, 0.05) is 13.0 Å². The highest BCUT2D eigenvalue weighted by Crippen LogP contribution is 2.34. The number of β-amino-alcohol motifs (C(OH)–C–C–N with tert-alkyl or cyclic N) is 1. The summed E-state index contributed by atoms with van der Waals surface area (Å²) in [7, 11) is 1.19. The van der Waals surface area contributed by atoms with Gasteiger partial charge in [-0.3, -0.25) is 9.59 Å². The predicted octanol–water partition coefficient (Wildman–Crippen LogP) is 0.384. The Balaban J connectivity index is 2.00. The fraction of sp³-hybridized carbons (Fsp3) is 0.353. The van der Waals surface area contributed by atoms with E-state index in [-0.39, 0.29) is 49.0 Å². The molecule has 0 aromatic heterocycles. The second-order valence-corrected chi connectivity index (χ2v) is 5.96. The van der Waals surface area contributed by atoms with Crippen molar-refractivity contribution in [3.05, 3.63) is 34.8 Å². The van der Waals surface area contributed by atoms with Crippen molar-refractivity contribution in [2.75, 3.05) is 37.4 Å². The Morgan fingerprint density at radius 2 is 2.15 bits per heavy atom. The van der Waals surface area contributed by atoms with Gasteiger partial charge in [0.2, 0.25) is 5.91 Å². The predicted molar refractivity (Wildman–Crippen MR) is 89.7 cm³/mol. The fourth-order valence-electron chi connectivity index (χ4n) is 3.04. The van der Waals surface area contributed by atoms with Crippen LogP contribution in [0.2, 0.25) is 0 Å². The molecule has 0 atom stereocenters. The molecule has 1 aromatic rings. The molecule has 0 fully saturated rings. The van der Waals surface area contributed by atoms with E-state index in [9.17, 15) is 18.8 Å². The summed E-state index contributed by atoms with van der Waals surface area (Å²) in [5.41, 5.74) is 1.19. The number of aryl methyl sites for hydroxylation is 1. The highest BCUT2D eigenvalue weighted by atomic mass is 19.1. The number of amides is 2. The summed E-state index contributed by atoms with van der Waals surface area (Å²) in [5, 5.41) is 14.5. The zero-order valence-electron chi connectivity index (χ0n) is 14.1. The lowest BCUT2D eigenvalue weighted by Gasteiger charge is -2.22. The number of hydrogen-bond donors (Lipinski definition) is 3. The highest BCUT2D eigenvalue weighted by molar-refractivity contribution is 6.09. The second-order valence-electron chi connectivity index (χ2n) is 5.96. The smallest absolute Gasteiger partial charge is 0.337 e. The van der Waals surface area contributed by atoms with Gasteiger partial charge in [-0.25, -0.2) is 9.18 Å². The lowest BCUT2D eigenvalue weighted by molar-refractivity contribution is -0.136. The third-order valence-corrected chi connectivity index (χ3v) is 4.28. The molecule has 2 heterocycles. The van der Waals surface area contributed by atoms with Crippen LogP contribution in [-0.2, 0) is 25.5 Å². The largest absolute Gasteiger partial charge is 0.466 e. The molecule has 3 N–H and O–H groups in total. The molecule has 1 aromatic carbocycles. The van der Waals surface area contributed by atoms with Crippen molar-refractivity contribution in [3.63, 3.8) is 0 Å². The summed E-state index contributed by atoms with van der Waals surface area (Å²) in [6, 6.07) is 2.47. The summed E-state index contributed by atoms with van der Waals surface area (Å²) >= 11 is 0. The van der Waals surface area contributed by atoms with Gasteiger partial charge in [-0.05, 0) is 24.1 Å². The van der Waals surface area contributed by atoms with Crippen LogP contribution < -0.4 is 10.6 Å². The SMILES string of the molecule is COC(=O)C1=C(Nc2cc(F)cc3c2NC(=O)CC3)C(=O)N(CCO)C1. The van der Waals surface area contributed by atoms with E-state index >= 15 is 0 Å². The Kier molecular flexibility index (Phi) is 4.90. The monoisotopic (exact) mass is 363 g/mol. The third kappa shape index (κ3) is 3.25. The van der Waals surface area contributed by atoms with Gasteiger partial charge < -0.3 is 25.4 Å². The van der Waals surface area contributed by atoms with Crippen LogP contribution in [0.15, 0.2) is 23.4 Å². The van der Waals surface area contributed by atoms with Gasteiger partial charge in [0.25, 0.3) is 5.91 Å². The molecule has 8 nitrogen and oxygen atoms in total. The molecule has 0 saturated carbocycles. The van der Waals surface area contributed by atoms with Gasteiger partial charge in [0.15, 0.2) is 0 Å². The number of rotatable bonds is 5. The van der Waals surface area contributed by atoms with E-state index in [1.54, 1.807) is 0 Å². The average Bonchev–Trinajstić information content (AvgIpc) is 2.91. The normalized spacial score (nSPS) is 16.5. The average molecular weight is 363 g/mol. The molecule has 0 aliphatic carbocycles. The highest BCUT2D eigenvalue weighted by Gasteiger charge is 2.35. The first-order valence-electron chi connectivity index (χ1n) is 8.05. The summed E-state index contributed by atoms with van der Waals surface area (Å²) in [6.07, 6.45) is 0.621. The molecule has 0 saturated heterocycles. The van der Waals surface area contributed by atoms with Crippen molar-refractivity contribution in [3.8, 4) is 0 Å². The number of esters is 1. The van der Waals surface area contributed by atoms with Crippen LogP contribution in [0.4, 0.5) is 15.8 Å². The summed E-state index contributed by atoms with van der Waals surface area (Å²) in [4.78, 5) is 37.5. The molecule has 26 heavy (non-hydrogen) atoms. The molecule has 0 spiro atoms. The number of carbonyl (C=O) groups excluding carboxylic acids is 3. The van der Waals surface area contributed by atoms with E-state index < -0.39 is 17.7 Å². The molecule has 2 amide bonds. The number of nitrogens with zero attached hydrogens (tertiary/aromatic N) is 1. The quantitative estimate of drug-likeness (QED) is 0.653. The molecule has 2 aliphatic heterocycles. The number of hydrogen-bond acceptors (Lipinski definition) is 6.